The minimum absolute atomic E-state index is 0.0764. The van der Waals surface area contributed by atoms with Gasteiger partial charge in [0.15, 0.2) is 0 Å². The minimum atomic E-state index is 0.0764. The van der Waals surface area contributed by atoms with Crippen molar-refractivity contribution in [1.29, 1.82) is 0 Å². The van der Waals surface area contributed by atoms with Crippen molar-refractivity contribution in [2.45, 2.75) is 47.5 Å². The molecule has 0 aliphatic heterocycles. The van der Waals surface area contributed by atoms with Crippen molar-refractivity contribution in [3.63, 3.8) is 0 Å². The Balaban J connectivity index is 3.97. The zero-order valence-corrected chi connectivity index (χ0v) is 12.4. The first-order valence-corrected chi connectivity index (χ1v) is 6.71. The van der Waals surface area contributed by atoms with Crippen LogP contribution in [0.25, 0.3) is 0 Å². The first kappa shape index (κ1) is 16.4. The van der Waals surface area contributed by atoms with Crippen LogP contribution in [0.1, 0.15) is 47.5 Å². The summed E-state index contributed by atoms with van der Waals surface area (Å²) in [5.41, 5.74) is 0.178. The first-order chi connectivity index (χ1) is 7.78. The molecule has 0 aliphatic rings. The van der Waals surface area contributed by atoms with Gasteiger partial charge >= 0.3 is 0 Å². The molecule has 0 aromatic carbocycles. The van der Waals surface area contributed by atoms with Crippen LogP contribution in [-0.2, 0) is 4.79 Å². The van der Waals surface area contributed by atoms with E-state index in [0.29, 0.717) is 5.92 Å². The molecule has 0 heterocycles. The number of carbonyl (C=O) groups excluding carboxylic acids is 1. The van der Waals surface area contributed by atoms with Gasteiger partial charge in [-0.05, 0) is 37.8 Å². The quantitative estimate of drug-likeness (QED) is 0.686. The summed E-state index contributed by atoms with van der Waals surface area (Å²) in [5.74, 6) is 0.918. The van der Waals surface area contributed by atoms with Gasteiger partial charge in [0.05, 0.1) is 0 Å². The molecule has 0 aliphatic carbocycles. The topological polar surface area (TPSA) is 41.1 Å². The molecule has 0 bridgehead atoms. The summed E-state index contributed by atoms with van der Waals surface area (Å²) in [6.45, 7) is 12.4. The number of rotatable bonds is 8. The fourth-order valence-corrected chi connectivity index (χ4v) is 2.04. The van der Waals surface area contributed by atoms with Crippen LogP contribution in [0.5, 0.6) is 0 Å². The Kier molecular flexibility index (Phi) is 7.44. The van der Waals surface area contributed by atoms with Crippen molar-refractivity contribution in [1.82, 2.24) is 10.6 Å². The van der Waals surface area contributed by atoms with Crippen molar-refractivity contribution in [2.75, 3.05) is 20.1 Å². The van der Waals surface area contributed by atoms with Crippen LogP contribution in [0.3, 0.4) is 0 Å². The molecule has 3 nitrogen and oxygen atoms in total. The highest BCUT2D eigenvalue weighted by Gasteiger charge is 2.22. The summed E-state index contributed by atoms with van der Waals surface area (Å²) in [6.07, 6.45) is 2.34. The van der Waals surface area contributed by atoms with E-state index >= 15 is 0 Å². The van der Waals surface area contributed by atoms with Gasteiger partial charge in [0.25, 0.3) is 0 Å². The Morgan fingerprint density at radius 1 is 1.24 bits per heavy atom. The molecule has 0 radical (unpaired) electrons. The molecule has 0 saturated carbocycles. The van der Waals surface area contributed by atoms with Crippen LogP contribution in [0, 0.1) is 17.3 Å². The second-order valence-corrected chi connectivity index (χ2v) is 6.24. The van der Waals surface area contributed by atoms with Crippen molar-refractivity contribution < 1.29 is 4.79 Å². The van der Waals surface area contributed by atoms with E-state index in [4.69, 9.17) is 0 Å². The average Bonchev–Trinajstić information content (AvgIpc) is 2.22. The number of hydrogen-bond acceptors (Lipinski definition) is 2. The second kappa shape index (κ2) is 7.70. The maximum Gasteiger partial charge on any atom is 0.222 e. The van der Waals surface area contributed by atoms with E-state index in [1.54, 1.807) is 0 Å². The maximum absolute atomic E-state index is 11.5. The molecule has 3 heteroatoms. The first-order valence-electron chi connectivity index (χ1n) is 6.71. The van der Waals surface area contributed by atoms with E-state index in [-0.39, 0.29) is 17.2 Å². The summed E-state index contributed by atoms with van der Waals surface area (Å²) >= 11 is 0. The molecular weight excluding hydrogens is 212 g/mol. The van der Waals surface area contributed by atoms with Gasteiger partial charge < -0.3 is 10.6 Å². The Morgan fingerprint density at radius 3 is 2.29 bits per heavy atom. The highest BCUT2D eigenvalue weighted by atomic mass is 16.1. The molecule has 17 heavy (non-hydrogen) atoms. The third kappa shape index (κ3) is 8.19. The van der Waals surface area contributed by atoms with Crippen LogP contribution >= 0.6 is 0 Å². The van der Waals surface area contributed by atoms with Crippen molar-refractivity contribution in [3.05, 3.63) is 0 Å². The van der Waals surface area contributed by atoms with E-state index in [9.17, 15) is 4.79 Å². The zero-order chi connectivity index (χ0) is 13.5. The summed E-state index contributed by atoms with van der Waals surface area (Å²) in [7, 11) is 1.99. The van der Waals surface area contributed by atoms with Crippen LogP contribution in [0.4, 0.5) is 0 Å². The summed E-state index contributed by atoms with van der Waals surface area (Å²) in [5, 5.41) is 6.21. The zero-order valence-electron chi connectivity index (χ0n) is 12.4. The molecule has 0 aromatic heterocycles. The summed E-state index contributed by atoms with van der Waals surface area (Å²) < 4.78 is 0. The Hall–Kier alpha value is -0.570. The molecule has 0 spiro atoms. The molecular formula is C14H30N2O. The summed E-state index contributed by atoms with van der Waals surface area (Å²) in [6, 6.07) is 0. The van der Waals surface area contributed by atoms with Gasteiger partial charge in [-0.1, -0.05) is 34.6 Å². The molecule has 0 fully saturated rings. The van der Waals surface area contributed by atoms with E-state index in [0.717, 1.165) is 19.5 Å². The molecule has 1 amide bonds. The number of carbonyl (C=O) groups is 1. The van der Waals surface area contributed by atoms with Crippen LogP contribution < -0.4 is 10.6 Å². The predicted octanol–water partition coefficient (Wildman–Crippen LogP) is 2.42. The smallest absolute Gasteiger partial charge is 0.222 e. The lowest BCUT2D eigenvalue weighted by Gasteiger charge is -2.28. The molecule has 2 N–H and O–H groups in total. The monoisotopic (exact) mass is 242 g/mol. The fourth-order valence-electron chi connectivity index (χ4n) is 2.04. The highest BCUT2D eigenvalue weighted by Crippen LogP contribution is 2.26. The normalized spacial score (nSPS) is 13.8. The van der Waals surface area contributed by atoms with Gasteiger partial charge in [-0.25, -0.2) is 0 Å². The standard InChI is InChI=1S/C14H30N2O/c1-11(2)13(17)16-10-14(4,5)9-12(3)7-8-15-6/h11-12,15H,7-10H2,1-6H3,(H,16,17). The van der Waals surface area contributed by atoms with Crippen LogP contribution in [-0.4, -0.2) is 26.0 Å². The lowest BCUT2D eigenvalue weighted by Crippen LogP contribution is -2.37. The second-order valence-electron chi connectivity index (χ2n) is 6.24. The van der Waals surface area contributed by atoms with Gasteiger partial charge in [0.2, 0.25) is 5.91 Å². The Labute approximate surface area is 107 Å². The van der Waals surface area contributed by atoms with E-state index < -0.39 is 0 Å². The van der Waals surface area contributed by atoms with Crippen LogP contribution in [0.15, 0.2) is 0 Å². The Morgan fingerprint density at radius 2 is 1.82 bits per heavy atom. The van der Waals surface area contributed by atoms with Crippen molar-refractivity contribution in [2.24, 2.45) is 17.3 Å². The van der Waals surface area contributed by atoms with E-state index in [2.05, 4.69) is 31.4 Å². The SMILES string of the molecule is CNCCC(C)CC(C)(C)CNC(=O)C(C)C. The van der Waals surface area contributed by atoms with Gasteiger partial charge in [0.1, 0.15) is 0 Å². The fraction of sp³-hybridized carbons (Fsp3) is 0.929. The van der Waals surface area contributed by atoms with Crippen LogP contribution in [0.2, 0.25) is 0 Å². The lowest BCUT2D eigenvalue weighted by atomic mass is 9.82. The number of hydrogen-bond donors (Lipinski definition) is 2. The minimum Gasteiger partial charge on any atom is -0.355 e. The van der Waals surface area contributed by atoms with Crippen molar-refractivity contribution >= 4 is 5.91 Å². The van der Waals surface area contributed by atoms with E-state index in [1.165, 1.54) is 6.42 Å². The van der Waals surface area contributed by atoms with E-state index in [1.807, 2.05) is 20.9 Å². The average molecular weight is 242 g/mol. The third-order valence-electron chi connectivity index (χ3n) is 3.05. The van der Waals surface area contributed by atoms with Gasteiger partial charge in [-0.15, -0.1) is 0 Å². The molecule has 102 valence electrons. The van der Waals surface area contributed by atoms with Gasteiger partial charge in [-0.3, -0.25) is 4.79 Å². The molecule has 0 rings (SSSR count). The maximum atomic E-state index is 11.5. The highest BCUT2D eigenvalue weighted by molar-refractivity contribution is 5.77. The molecule has 1 atom stereocenters. The molecule has 1 unspecified atom stereocenters. The van der Waals surface area contributed by atoms with Gasteiger partial charge in [-0.2, -0.15) is 0 Å². The Bertz CT molecular complexity index is 224. The number of amides is 1. The lowest BCUT2D eigenvalue weighted by molar-refractivity contribution is -0.124. The predicted molar refractivity (Wildman–Crippen MR) is 74.0 cm³/mol. The van der Waals surface area contributed by atoms with Gasteiger partial charge in [0, 0.05) is 12.5 Å². The summed E-state index contributed by atoms with van der Waals surface area (Å²) in [4.78, 5) is 11.5. The molecule has 0 saturated heterocycles. The number of nitrogens with one attached hydrogen (secondary N) is 2. The molecule has 0 aromatic rings. The largest absolute Gasteiger partial charge is 0.355 e. The van der Waals surface area contributed by atoms with Crippen molar-refractivity contribution in [3.8, 4) is 0 Å². The third-order valence-corrected chi connectivity index (χ3v) is 3.05.